The van der Waals surface area contributed by atoms with E-state index in [9.17, 15) is 22.8 Å². The number of carbonyl (C=O) groups excluding carboxylic acids is 2. The molecule has 3 amide bonds. The van der Waals surface area contributed by atoms with Crippen LogP contribution in [-0.2, 0) is 17.5 Å². The van der Waals surface area contributed by atoms with Crippen molar-refractivity contribution in [1.82, 2.24) is 9.80 Å². The maximum atomic E-state index is 12.7. The maximum Gasteiger partial charge on any atom is 0.416 e. The molecule has 0 atom stereocenters. The van der Waals surface area contributed by atoms with Crippen molar-refractivity contribution in [3.63, 3.8) is 0 Å². The van der Waals surface area contributed by atoms with E-state index in [0.29, 0.717) is 31.5 Å². The third-order valence-electron chi connectivity index (χ3n) is 5.23. The van der Waals surface area contributed by atoms with Crippen LogP contribution < -0.4 is 5.32 Å². The number of carbonyl (C=O) groups is 2. The highest BCUT2D eigenvalue weighted by Crippen LogP contribution is 2.29. The normalized spacial score (nSPS) is 15.0. The molecule has 2 aromatic rings. The van der Waals surface area contributed by atoms with Gasteiger partial charge in [0, 0.05) is 38.3 Å². The number of para-hydroxylation sites is 1. The summed E-state index contributed by atoms with van der Waals surface area (Å²) < 4.78 is 38.0. The number of amides is 3. The van der Waals surface area contributed by atoms with Crippen molar-refractivity contribution in [2.75, 3.05) is 25.5 Å². The van der Waals surface area contributed by atoms with Crippen molar-refractivity contribution in [3.05, 3.63) is 65.7 Å². The highest BCUT2D eigenvalue weighted by Gasteiger charge is 2.31. The first-order valence-corrected chi connectivity index (χ1v) is 9.76. The second-order valence-corrected chi connectivity index (χ2v) is 7.45. The van der Waals surface area contributed by atoms with Gasteiger partial charge in [0.25, 0.3) is 0 Å². The Morgan fingerprint density at radius 1 is 1.03 bits per heavy atom. The topological polar surface area (TPSA) is 52.7 Å². The summed E-state index contributed by atoms with van der Waals surface area (Å²) in [6.45, 7) is 1.19. The van der Waals surface area contributed by atoms with Gasteiger partial charge in [-0.25, -0.2) is 4.79 Å². The minimum absolute atomic E-state index is 0.0574. The minimum Gasteiger partial charge on any atom is -0.341 e. The molecule has 0 radical (unpaired) electrons. The number of urea groups is 1. The van der Waals surface area contributed by atoms with Gasteiger partial charge in [0.1, 0.15) is 0 Å². The number of piperidine rings is 1. The lowest BCUT2D eigenvalue weighted by atomic mass is 9.95. The van der Waals surface area contributed by atoms with Gasteiger partial charge in [0.2, 0.25) is 5.91 Å². The largest absolute Gasteiger partial charge is 0.416 e. The summed E-state index contributed by atoms with van der Waals surface area (Å²) in [6, 6.07) is 13.8. The molecule has 1 N–H and O–H groups in total. The zero-order valence-electron chi connectivity index (χ0n) is 16.7. The predicted octanol–water partition coefficient (Wildman–Crippen LogP) is 4.61. The number of halogens is 3. The Morgan fingerprint density at radius 3 is 2.20 bits per heavy atom. The van der Waals surface area contributed by atoms with Gasteiger partial charge < -0.3 is 15.1 Å². The molecule has 1 heterocycles. The Balaban J connectivity index is 1.49. The van der Waals surface area contributed by atoms with Crippen LogP contribution in [0.4, 0.5) is 23.7 Å². The molecule has 1 saturated heterocycles. The molecule has 0 aromatic heterocycles. The molecule has 0 aliphatic carbocycles. The van der Waals surface area contributed by atoms with Crippen LogP contribution in [0.3, 0.4) is 0 Å². The fourth-order valence-corrected chi connectivity index (χ4v) is 3.52. The van der Waals surface area contributed by atoms with Crippen molar-refractivity contribution in [1.29, 1.82) is 0 Å². The minimum atomic E-state index is -4.37. The SMILES string of the molecule is CN(Cc1ccc(C(F)(F)F)cc1)C(=O)C1CCN(C(=O)Nc2ccccc2)CC1. The number of alkyl halides is 3. The molecule has 5 nitrogen and oxygen atoms in total. The zero-order chi connectivity index (χ0) is 21.7. The second kappa shape index (κ2) is 9.19. The Bertz CT molecular complexity index is 861. The summed E-state index contributed by atoms with van der Waals surface area (Å²) in [5.41, 5.74) is 0.650. The van der Waals surface area contributed by atoms with Crippen LogP contribution in [0.1, 0.15) is 24.0 Å². The standard InChI is InChI=1S/C22H24F3N3O2/c1-27(15-16-7-9-18(10-8-16)22(23,24)25)20(29)17-11-13-28(14-12-17)21(30)26-19-5-3-2-4-6-19/h2-10,17H,11-15H2,1H3,(H,26,30). The molecule has 1 fully saturated rings. The Morgan fingerprint density at radius 2 is 1.63 bits per heavy atom. The number of rotatable bonds is 4. The second-order valence-electron chi connectivity index (χ2n) is 7.45. The van der Waals surface area contributed by atoms with Crippen LogP contribution in [0.15, 0.2) is 54.6 Å². The molecular formula is C22H24F3N3O2. The fraction of sp³-hybridized carbons (Fsp3) is 0.364. The van der Waals surface area contributed by atoms with Gasteiger partial charge in [-0.2, -0.15) is 13.2 Å². The van der Waals surface area contributed by atoms with Crippen molar-refractivity contribution in [3.8, 4) is 0 Å². The first kappa shape index (κ1) is 21.7. The van der Waals surface area contributed by atoms with E-state index in [1.807, 2.05) is 30.3 Å². The van der Waals surface area contributed by atoms with Crippen molar-refractivity contribution in [2.24, 2.45) is 5.92 Å². The van der Waals surface area contributed by atoms with Gasteiger partial charge in [0.15, 0.2) is 0 Å². The van der Waals surface area contributed by atoms with Crippen LogP contribution in [0, 0.1) is 5.92 Å². The number of hydrogen-bond donors (Lipinski definition) is 1. The first-order chi connectivity index (χ1) is 14.2. The Kier molecular flexibility index (Phi) is 6.64. The highest BCUT2D eigenvalue weighted by atomic mass is 19.4. The van der Waals surface area contributed by atoms with E-state index in [-0.39, 0.29) is 24.4 Å². The van der Waals surface area contributed by atoms with E-state index in [1.165, 1.54) is 17.0 Å². The van der Waals surface area contributed by atoms with Crippen molar-refractivity contribution in [2.45, 2.75) is 25.6 Å². The quantitative estimate of drug-likeness (QED) is 0.787. The van der Waals surface area contributed by atoms with Gasteiger partial charge >= 0.3 is 12.2 Å². The van der Waals surface area contributed by atoms with Crippen molar-refractivity contribution < 1.29 is 22.8 Å². The molecule has 0 unspecified atom stereocenters. The van der Waals surface area contributed by atoms with Gasteiger partial charge in [-0.05, 0) is 42.7 Å². The molecular weight excluding hydrogens is 395 g/mol. The lowest BCUT2D eigenvalue weighted by Crippen LogP contribution is -2.44. The molecule has 30 heavy (non-hydrogen) atoms. The molecule has 0 bridgehead atoms. The first-order valence-electron chi connectivity index (χ1n) is 9.76. The van der Waals surface area contributed by atoms with E-state index >= 15 is 0 Å². The van der Waals surface area contributed by atoms with E-state index in [4.69, 9.17) is 0 Å². The van der Waals surface area contributed by atoms with Gasteiger partial charge in [-0.15, -0.1) is 0 Å². The third-order valence-corrected chi connectivity index (χ3v) is 5.23. The Hall–Kier alpha value is -3.03. The monoisotopic (exact) mass is 419 g/mol. The van der Waals surface area contributed by atoms with Gasteiger partial charge in [-0.3, -0.25) is 4.79 Å². The molecule has 1 aliphatic heterocycles. The summed E-state index contributed by atoms with van der Waals surface area (Å²) in [4.78, 5) is 28.3. The Labute approximate surface area is 173 Å². The molecule has 3 rings (SSSR count). The molecule has 0 saturated carbocycles. The summed E-state index contributed by atoms with van der Waals surface area (Å²) in [7, 11) is 1.65. The maximum absolute atomic E-state index is 12.7. The van der Waals surface area contributed by atoms with E-state index in [0.717, 1.165) is 17.8 Å². The third kappa shape index (κ3) is 5.52. The molecule has 2 aromatic carbocycles. The smallest absolute Gasteiger partial charge is 0.341 e. The van der Waals surface area contributed by atoms with Crippen LogP contribution in [0.25, 0.3) is 0 Å². The lowest BCUT2D eigenvalue weighted by molar-refractivity contribution is -0.138. The number of likely N-dealkylation sites (tertiary alicyclic amines) is 1. The van der Waals surface area contributed by atoms with Gasteiger partial charge in [0.05, 0.1) is 5.56 Å². The molecule has 1 aliphatic rings. The van der Waals surface area contributed by atoms with Crippen LogP contribution in [-0.4, -0.2) is 41.9 Å². The molecule has 0 spiro atoms. The van der Waals surface area contributed by atoms with Crippen LogP contribution >= 0.6 is 0 Å². The lowest BCUT2D eigenvalue weighted by Gasteiger charge is -2.33. The van der Waals surface area contributed by atoms with Crippen LogP contribution in [0.2, 0.25) is 0 Å². The average Bonchev–Trinajstić information content (AvgIpc) is 2.73. The highest BCUT2D eigenvalue weighted by molar-refractivity contribution is 5.89. The number of anilines is 1. The predicted molar refractivity (Wildman–Crippen MR) is 108 cm³/mol. The summed E-state index contributed by atoms with van der Waals surface area (Å²) in [5.74, 6) is -0.261. The summed E-state index contributed by atoms with van der Waals surface area (Å²) in [6.07, 6.45) is -3.27. The van der Waals surface area contributed by atoms with Crippen LogP contribution in [0.5, 0.6) is 0 Å². The van der Waals surface area contributed by atoms with Crippen molar-refractivity contribution >= 4 is 17.6 Å². The number of hydrogen-bond acceptors (Lipinski definition) is 2. The number of nitrogens with one attached hydrogen (secondary N) is 1. The van der Waals surface area contributed by atoms with Gasteiger partial charge in [-0.1, -0.05) is 30.3 Å². The number of benzene rings is 2. The van der Waals surface area contributed by atoms with E-state index in [2.05, 4.69) is 5.32 Å². The molecule has 160 valence electrons. The van der Waals surface area contributed by atoms with E-state index < -0.39 is 11.7 Å². The molecule has 8 heteroatoms. The number of nitrogens with zero attached hydrogens (tertiary/aromatic N) is 2. The average molecular weight is 419 g/mol. The fourth-order valence-electron chi connectivity index (χ4n) is 3.52. The zero-order valence-corrected chi connectivity index (χ0v) is 16.7. The summed E-state index contributed by atoms with van der Waals surface area (Å²) >= 11 is 0. The van der Waals surface area contributed by atoms with E-state index in [1.54, 1.807) is 11.9 Å². The summed E-state index contributed by atoms with van der Waals surface area (Å²) in [5, 5.41) is 2.84.